The normalized spacial score (nSPS) is 24.1. The third kappa shape index (κ3) is 2.99. The summed E-state index contributed by atoms with van der Waals surface area (Å²) in [6, 6.07) is 8.32. The first kappa shape index (κ1) is 14.3. The minimum atomic E-state index is 0.172. The maximum atomic E-state index is 12.6. The van der Waals surface area contributed by atoms with Crippen molar-refractivity contribution >= 4 is 28.5 Å². The molecule has 108 valence electrons. The Labute approximate surface area is 133 Å². The summed E-state index contributed by atoms with van der Waals surface area (Å²) in [6.45, 7) is 5.35. The Morgan fingerprint density at radius 2 is 1.95 bits per heavy atom. The third-order valence-electron chi connectivity index (χ3n) is 4.12. The van der Waals surface area contributed by atoms with Crippen molar-refractivity contribution in [3.8, 4) is 0 Å². The molecule has 5 heteroatoms. The fourth-order valence-electron chi connectivity index (χ4n) is 2.97. The summed E-state index contributed by atoms with van der Waals surface area (Å²) >= 11 is 2.24. The number of carbonyl (C=O) groups excluding carboxylic acids is 1. The quantitative estimate of drug-likeness (QED) is 0.728. The molecule has 2 fully saturated rings. The highest BCUT2D eigenvalue weighted by Gasteiger charge is 2.31. The molecule has 1 unspecified atom stereocenters. The molecule has 3 rings (SSSR count). The molecule has 2 aliphatic rings. The lowest BCUT2D eigenvalue weighted by molar-refractivity contribution is 0.0185. The molecule has 1 atom stereocenters. The summed E-state index contributed by atoms with van der Waals surface area (Å²) in [5.74, 6) is 0.172. The fourth-order valence-corrected chi connectivity index (χ4v) is 3.59. The van der Waals surface area contributed by atoms with Gasteiger partial charge >= 0.3 is 0 Å². The summed E-state index contributed by atoms with van der Waals surface area (Å²) in [7, 11) is 0. The predicted molar refractivity (Wildman–Crippen MR) is 85.9 cm³/mol. The SMILES string of the molecule is O=C(c1ccccc1I)N1CCC(N2CCOCC2)C1. The van der Waals surface area contributed by atoms with Gasteiger partial charge in [-0.2, -0.15) is 0 Å². The number of hydrogen-bond donors (Lipinski definition) is 0. The first-order chi connectivity index (χ1) is 9.75. The van der Waals surface area contributed by atoms with Gasteiger partial charge in [-0.3, -0.25) is 9.69 Å². The molecule has 1 amide bonds. The van der Waals surface area contributed by atoms with Crippen LogP contribution in [0.5, 0.6) is 0 Å². The minimum Gasteiger partial charge on any atom is -0.379 e. The summed E-state index contributed by atoms with van der Waals surface area (Å²) in [5, 5.41) is 0. The second-order valence-electron chi connectivity index (χ2n) is 5.32. The molecule has 1 aromatic carbocycles. The number of halogens is 1. The van der Waals surface area contributed by atoms with Crippen molar-refractivity contribution in [1.82, 2.24) is 9.80 Å². The number of rotatable bonds is 2. The van der Waals surface area contributed by atoms with Crippen molar-refractivity contribution in [3.63, 3.8) is 0 Å². The number of amides is 1. The van der Waals surface area contributed by atoms with Crippen molar-refractivity contribution in [3.05, 3.63) is 33.4 Å². The lowest BCUT2D eigenvalue weighted by atomic mass is 10.2. The molecular formula is C15H19IN2O2. The van der Waals surface area contributed by atoms with Gasteiger partial charge in [0.25, 0.3) is 5.91 Å². The van der Waals surface area contributed by atoms with Crippen LogP contribution in [0.15, 0.2) is 24.3 Å². The number of likely N-dealkylation sites (tertiary alicyclic amines) is 1. The fraction of sp³-hybridized carbons (Fsp3) is 0.533. The van der Waals surface area contributed by atoms with Crippen molar-refractivity contribution < 1.29 is 9.53 Å². The molecule has 0 aliphatic carbocycles. The van der Waals surface area contributed by atoms with E-state index in [1.165, 1.54) is 0 Å². The molecule has 1 aromatic rings. The second-order valence-corrected chi connectivity index (χ2v) is 6.48. The molecule has 0 spiro atoms. The molecule has 0 bridgehead atoms. The summed E-state index contributed by atoms with van der Waals surface area (Å²) < 4.78 is 6.43. The van der Waals surface area contributed by atoms with Gasteiger partial charge in [-0.05, 0) is 41.1 Å². The Hall–Kier alpha value is -0.660. The van der Waals surface area contributed by atoms with Crippen LogP contribution in [0.3, 0.4) is 0 Å². The van der Waals surface area contributed by atoms with E-state index in [0.717, 1.165) is 54.9 Å². The minimum absolute atomic E-state index is 0.172. The monoisotopic (exact) mass is 386 g/mol. The average molecular weight is 386 g/mol. The largest absolute Gasteiger partial charge is 0.379 e. The molecular weight excluding hydrogens is 367 g/mol. The van der Waals surface area contributed by atoms with E-state index in [1.807, 2.05) is 29.2 Å². The summed E-state index contributed by atoms with van der Waals surface area (Å²) in [6.07, 6.45) is 1.08. The number of carbonyl (C=O) groups is 1. The lowest BCUT2D eigenvalue weighted by Crippen LogP contribution is -2.45. The highest BCUT2D eigenvalue weighted by molar-refractivity contribution is 14.1. The van der Waals surface area contributed by atoms with Gasteiger partial charge < -0.3 is 9.64 Å². The summed E-state index contributed by atoms with van der Waals surface area (Å²) in [5.41, 5.74) is 0.829. The van der Waals surface area contributed by atoms with Gasteiger partial charge in [0.1, 0.15) is 0 Å². The van der Waals surface area contributed by atoms with Crippen LogP contribution in [0, 0.1) is 3.57 Å². The standard InChI is InChI=1S/C15H19IN2O2/c16-14-4-2-1-3-13(14)15(19)18-6-5-12(11-18)17-7-9-20-10-8-17/h1-4,12H,5-11H2. The first-order valence-electron chi connectivity index (χ1n) is 7.11. The molecule has 2 aliphatic heterocycles. The molecule has 0 aromatic heterocycles. The van der Waals surface area contributed by atoms with E-state index in [1.54, 1.807) is 0 Å². The Morgan fingerprint density at radius 1 is 1.20 bits per heavy atom. The van der Waals surface area contributed by atoms with E-state index in [2.05, 4.69) is 27.5 Å². The molecule has 2 saturated heterocycles. The predicted octanol–water partition coefficient (Wildman–Crippen LogP) is 1.84. The number of nitrogens with zero attached hydrogens (tertiary/aromatic N) is 2. The van der Waals surface area contributed by atoms with E-state index >= 15 is 0 Å². The number of hydrogen-bond acceptors (Lipinski definition) is 3. The van der Waals surface area contributed by atoms with Gasteiger partial charge in [-0.15, -0.1) is 0 Å². The zero-order chi connectivity index (χ0) is 13.9. The van der Waals surface area contributed by atoms with Crippen LogP contribution >= 0.6 is 22.6 Å². The average Bonchev–Trinajstić information content (AvgIpc) is 2.98. The van der Waals surface area contributed by atoms with Crippen molar-refractivity contribution in [2.24, 2.45) is 0 Å². The van der Waals surface area contributed by atoms with Crippen LogP contribution in [-0.4, -0.2) is 61.1 Å². The first-order valence-corrected chi connectivity index (χ1v) is 8.19. The molecule has 0 saturated carbocycles. The maximum Gasteiger partial charge on any atom is 0.254 e. The van der Waals surface area contributed by atoms with Crippen LogP contribution in [0.2, 0.25) is 0 Å². The Bertz CT molecular complexity index is 489. The zero-order valence-electron chi connectivity index (χ0n) is 11.4. The van der Waals surface area contributed by atoms with Crippen molar-refractivity contribution in [2.45, 2.75) is 12.5 Å². The smallest absolute Gasteiger partial charge is 0.254 e. The van der Waals surface area contributed by atoms with Gasteiger partial charge in [-0.1, -0.05) is 12.1 Å². The van der Waals surface area contributed by atoms with Crippen molar-refractivity contribution in [1.29, 1.82) is 0 Å². The van der Waals surface area contributed by atoms with Crippen LogP contribution in [0.25, 0.3) is 0 Å². The van der Waals surface area contributed by atoms with Gasteiger partial charge in [0.2, 0.25) is 0 Å². The van der Waals surface area contributed by atoms with E-state index in [0.29, 0.717) is 6.04 Å². The Kier molecular flexibility index (Phi) is 4.58. The third-order valence-corrected chi connectivity index (χ3v) is 5.06. The van der Waals surface area contributed by atoms with Gasteiger partial charge in [-0.25, -0.2) is 0 Å². The molecule has 0 N–H and O–H groups in total. The number of morpholine rings is 1. The number of benzene rings is 1. The summed E-state index contributed by atoms with van der Waals surface area (Å²) in [4.78, 5) is 17.0. The van der Waals surface area contributed by atoms with E-state index < -0.39 is 0 Å². The lowest BCUT2D eigenvalue weighted by Gasteiger charge is -2.32. The highest BCUT2D eigenvalue weighted by Crippen LogP contribution is 2.21. The van der Waals surface area contributed by atoms with Gasteiger partial charge in [0.05, 0.1) is 18.8 Å². The van der Waals surface area contributed by atoms with Crippen LogP contribution < -0.4 is 0 Å². The molecule has 2 heterocycles. The van der Waals surface area contributed by atoms with Gasteiger partial charge in [0.15, 0.2) is 0 Å². The van der Waals surface area contributed by atoms with Crippen LogP contribution in [-0.2, 0) is 4.74 Å². The van der Waals surface area contributed by atoms with Gasteiger partial charge in [0, 0.05) is 35.8 Å². The van der Waals surface area contributed by atoms with Crippen LogP contribution in [0.4, 0.5) is 0 Å². The molecule has 20 heavy (non-hydrogen) atoms. The van der Waals surface area contributed by atoms with E-state index in [4.69, 9.17) is 4.74 Å². The molecule has 0 radical (unpaired) electrons. The zero-order valence-corrected chi connectivity index (χ0v) is 13.6. The number of ether oxygens (including phenoxy) is 1. The Balaban J connectivity index is 1.65. The second kappa shape index (κ2) is 6.41. The Morgan fingerprint density at radius 3 is 2.70 bits per heavy atom. The maximum absolute atomic E-state index is 12.6. The van der Waals surface area contributed by atoms with Crippen LogP contribution in [0.1, 0.15) is 16.8 Å². The van der Waals surface area contributed by atoms with E-state index in [-0.39, 0.29) is 5.91 Å². The highest BCUT2D eigenvalue weighted by atomic mass is 127. The topological polar surface area (TPSA) is 32.8 Å². The van der Waals surface area contributed by atoms with Crippen molar-refractivity contribution in [2.75, 3.05) is 39.4 Å². The van der Waals surface area contributed by atoms with E-state index in [9.17, 15) is 4.79 Å². The molecule has 4 nitrogen and oxygen atoms in total.